The third-order valence-corrected chi connectivity index (χ3v) is 0.553. The average molecular weight is 248 g/mol. The first-order valence-electron chi connectivity index (χ1n) is 2.85. The van der Waals surface area contributed by atoms with E-state index in [9.17, 15) is 9.59 Å². The number of rotatable bonds is 3. The van der Waals surface area contributed by atoms with Crippen molar-refractivity contribution < 1.29 is 29.6 Å². The van der Waals surface area contributed by atoms with Crippen molar-refractivity contribution in [1.29, 1.82) is 0 Å². The third-order valence-electron chi connectivity index (χ3n) is 0.553. The summed E-state index contributed by atoms with van der Waals surface area (Å²) in [6.45, 7) is 0. The number of carbonyl (C=O) groups is 2. The molecule has 0 aromatic rings. The van der Waals surface area contributed by atoms with E-state index in [0.717, 1.165) is 0 Å². The average Bonchev–Trinajstić information content (AvgIpc) is 1.79. The Labute approximate surface area is 84.5 Å². The summed E-state index contributed by atoms with van der Waals surface area (Å²) >= 11 is 7.07. The van der Waals surface area contributed by atoms with Crippen molar-refractivity contribution in [3.63, 3.8) is 0 Å². The largest absolute Gasteiger partial charge is 0.481 e. The van der Waals surface area contributed by atoms with Gasteiger partial charge in [-0.1, -0.05) is 12.2 Å². The van der Waals surface area contributed by atoms with Crippen LogP contribution in [0.1, 0.15) is 12.8 Å². The molecular weight excluding hydrogens is 239 g/mol. The van der Waals surface area contributed by atoms with Crippen LogP contribution in [0, 0.1) is 0 Å². The van der Waals surface area contributed by atoms with Gasteiger partial charge in [0.05, 0.1) is 12.8 Å². The molecule has 0 atom stereocenters. The minimum Gasteiger partial charge on any atom is -0.481 e. The fraction of sp³-hybridized carbons (Fsp3) is 0.500. The number of hydrogen-bond donors (Lipinski definition) is 5. The first-order valence-corrected chi connectivity index (χ1v) is 6.71. The molecule has 0 aromatic carbocycles. The topological polar surface area (TPSA) is 115 Å². The van der Waals surface area contributed by atoms with E-state index in [2.05, 4.69) is 24.1 Å². The van der Waals surface area contributed by atoms with Gasteiger partial charge < -0.3 is 20.0 Å². The zero-order valence-electron chi connectivity index (χ0n) is 6.32. The number of carboxylic acid groups (broad SMARTS) is 2. The fourth-order valence-electron chi connectivity index (χ4n) is 0.214. The molecule has 0 aromatic heterocycles. The van der Waals surface area contributed by atoms with Crippen molar-refractivity contribution in [2.45, 2.75) is 12.8 Å². The summed E-state index contributed by atoms with van der Waals surface area (Å²) in [5.74, 6) is -2.15. The van der Waals surface area contributed by atoms with E-state index in [1.807, 2.05) is 0 Å². The van der Waals surface area contributed by atoms with Crippen LogP contribution in [0.15, 0.2) is 0 Å². The lowest BCUT2D eigenvalue weighted by Gasteiger charge is -1.88. The highest BCUT2D eigenvalue weighted by atomic mass is 32.9. The van der Waals surface area contributed by atoms with Crippen LogP contribution < -0.4 is 0 Å². The van der Waals surface area contributed by atoms with Gasteiger partial charge in [0.2, 0.25) is 5.69 Å². The zero-order valence-corrected chi connectivity index (χ0v) is 8.93. The molecule has 0 heterocycles. The number of hydrogen-bond acceptors (Lipinski definition) is 3. The quantitative estimate of drug-likeness (QED) is 0.354. The van der Waals surface area contributed by atoms with Crippen molar-refractivity contribution in [1.82, 2.24) is 0 Å². The van der Waals surface area contributed by atoms with Gasteiger partial charge in [-0.15, -0.1) is 0 Å². The van der Waals surface area contributed by atoms with Crippen molar-refractivity contribution >= 4 is 41.7 Å². The van der Waals surface area contributed by atoms with Crippen molar-refractivity contribution in [2.75, 3.05) is 0 Å². The van der Waals surface area contributed by atoms with E-state index in [1.54, 1.807) is 0 Å². The van der Waals surface area contributed by atoms with Crippen LogP contribution in [0.25, 0.3) is 0 Å². The Kier molecular flexibility index (Phi) is 8.59. The Bertz CT molecular complexity index is 200. The molecular formula is C4H9O6PS2. The summed E-state index contributed by atoms with van der Waals surface area (Å²) in [6, 6.07) is 0. The van der Waals surface area contributed by atoms with Crippen LogP contribution in [0.2, 0.25) is 0 Å². The summed E-state index contributed by atoms with van der Waals surface area (Å²) < 4.78 is 0. The van der Waals surface area contributed by atoms with Gasteiger partial charge in [0.15, 0.2) is 0 Å². The maximum atomic E-state index is 9.64. The lowest BCUT2D eigenvalue weighted by Crippen LogP contribution is -2.00. The molecule has 0 bridgehead atoms. The van der Waals surface area contributed by atoms with Crippen molar-refractivity contribution in [3.05, 3.63) is 0 Å². The second-order valence-electron chi connectivity index (χ2n) is 1.80. The van der Waals surface area contributed by atoms with Crippen LogP contribution in [-0.4, -0.2) is 31.9 Å². The molecule has 13 heavy (non-hydrogen) atoms. The van der Waals surface area contributed by atoms with Gasteiger partial charge in [0.1, 0.15) is 0 Å². The first-order chi connectivity index (χ1) is 5.63. The Morgan fingerprint density at radius 1 is 1.15 bits per heavy atom. The Hall–Kier alpha value is -0.140. The minimum atomic E-state index is -3.11. The normalized spacial score (nSPS) is 9.77. The molecule has 0 unspecified atom stereocenters. The molecule has 0 aliphatic heterocycles. The third kappa shape index (κ3) is 48.8. The molecule has 78 valence electrons. The Morgan fingerprint density at radius 2 is 1.31 bits per heavy atom. The lowest BCUT2D eigenvalue weighted by atomic mass is 10.3. The van der Waals surface area contributed by atoms with Gasteiger partial charge in [0, 0.05) is 0 Å². The molecule has 0 spiro atoms. The predicted molar refractivity (Wildman–Crippen MR) is 52.2 cm³/mol. The van der Waals surface area contributed by atoms with Gasteiger partial charge in [-0.05, 0) is 11.8 Å². The van der Waals surface area contributed by atoms with E-state index in [1.165, 1.54) is 0 Å². The van der Waals surface area contributed by atoms with Crippen LogP contribution in [-0.2, 0) is 21.4 Å². The molecule has 0 aliphatic carbocycles. The van der Waals surface area contributed by atoms with Crippen LogP contribution in [0.3, 0.4) is 0 Å². The molecule has 0 saturated carbocycles. The lowest BCUT2D eigenvalue weighted by molar-refractivity contribution is -0.143. The highest BCUT2D eigenvalue weighted by Crippen LogP contribution is 2.39. The standard InChI is InChI=1S/C4H6O4.H3O2PS2/c5-3(6)1-2-4(7)8;1-3(2,4)5/h1-2H2,(H,5,6)(H,7,8);(H3,1,2,4,5). The van der Waals surface area contributed by atoms with E-state index >= 15 is 0 Å². The highest BCUT2D eigenvalue weighted by Gasteiger charge is 2.00. The summed E-state index contributed by atoms with van der Waals surface area (Å²) in [7, 11) is 0. The van der Waals surface area contributed by atoms with Crippen molar-refractivity contribution in [2.24, 2.45) is 0 Å². The molecule has 4 N–H and O–H groups in total. The highest BCUT2D eigenvalue weighted by molar-refractivity contribution is 8.59. The van der Waals surface area contributed by atoms with Crippen molar-refractivity contribution in [3.8, 4) is 0 Å². The Balaban J connectivity index is 0. The molecule has 9 heteroatoms. The maximum absolute atomic E-state index is 9.64. The molecule has 0 rings (SSSR count). The van der Waals surface area contributed by atoms with Gasteiger partial charge in [-0.25, -0.2) is 0 Å². The Morgan fingerprint density at radius 3 is 1.38 bits per heavy atom. The fourth-order valence-corrected chi connectivity index (χ4v) is 0.214. The summed E-state index contributed by atoms with van der Waals surface area (Å²) in [4.78, 5) is 35.0. The summed E-state index contributed by atoms with van der Waals surface area (Å²) in [5, 5.41) is 15.8. The first kappa shape index (κ1) is 15.3. The summed E-state index contributed by atoms with van der Waals surface area (Å²) in [5.41, 5.74) is -3.11. The maximum Gasteiger partial charge on any atom is 0.303 e. The van der Waals surface area contributed by atoms with E-state index in [4.69, 9.17) is 20.0 Å². The van der Waals surface area contributed by atoms with Crippen LogP contribution in [0.5, 0.6) is 0 Å². The molecule has 0 radical (unpaired) electrons. The van der Waals surface area contributed by atoms with Gasteiger partial charge in [-0.3, -0.25) is 9.59 Å². The van der Waals surface area contributed by atoms with Gasteiger partial charge in [0.25, 0.3) is 0 Å². The SMILES string of the molecule is O=C(O)CCC(=O)O.OP(O)(=S)S. The van der Waals surface area contributed by atoms with Gasteiger partial charge >= 0.3 is 11.9 Å². The monoisotopic (exact) mass is 248 g/mol. The van der Waals surface area contributed by atoms with Crippen LogP contribution in [0.4, 0.5) is 0 Å². The van der Waals surface area contributed by atoms with E-state index < -0.39 is 17.6 Å². The second kappa shape index (κ2) is 7.28. The molecule has 0 aliphatic rings. The van der Waals surface area contributed by atoms with Gasteiger partial charge in [-0.2, -0.15) is 0 Å². The number of aliphatic carboxylic acids is 2. The van der Waals surface area contributed by atoms with E-state index in [-0.39, 0.29) is 12.8 Å². The molecule has 0 amide bonds. The molecule has 0 fully saturated rings. The predicted octanol–water partition coefficient (Wildman–Crippen LogP) is 0.0611. The smallest absolute Gasteiger partial charge is 0.303 e. The molecule has 0 saturated heterocycles. The number of carboxylic acids is 2. The van der Waals surface area contributed by atoms with E-state index in [0.29, 0.717) is 0 Å². The second-order valence-corrected chi connectivity index (χ2v) is 6.84. The van der Waals surface area contributed by atoms with Crippen LogP contribution >= 0.6 is 17.9 Å². The zero-order chi connectivity index (χ0) is 11.1. The summed E-state index contributed by atoms with van der Waals surface area (Å²) in [6.07, 6.45) is -0.593. The number of thiol groups is 1. The minimum absolute atomic E-state index is 0.296. The molecule has 6 nitrogen and oxygen atoms in total.